The maximum absolute atomic E-state index is 13.0. The molecule has 1 N–H and O–H groups in total. The first kappa shape index (κ1) is 18.8. The first-order chi connectivity index (χ1) is 13.1. The number of anilines is 1. The molecule has 1 aliphatic heterocycles. The molecule has 0 aromatic carbocycles. The van der Waals surface area contributed by atoms with Gasteiger partial charge in [0.15, 0.2) is 0 Å². The Bertz CT molecular complexity index is 647. The highest BCUT2D eigenvalue weighted by Crippen LogP contribution is 2.40. The second-order valence-corrected chi connectivity index (χ2v) is 8.80. The molecule has 27 heavy (non-hydrogen) atoms. The molecule has 6 nitrogen and oxygen atoms in total. The van der Waals surface area contributed by atoms with Gasteiger partial charge in [0.2, 0.25) is 0 Å². The molecule has 2 aliphatic carbocycles. The van der Waals surface area contributed by atoms with Gasteiger partial charge in [-0.2, -0.15) is 5.10 Å². The average molecular weight is 374 g/mol. The van der Waals surface area contributed by atoms with Crippen molar-refractivity contribution in [3.8, 4) is 0 Å². The minimum absolute atomic E-state index is 0.0355. The molecule has 1 aromatic heterocycles. The summed E-state index contributed by atoms with van der Waals surface area (Å²) in [5.41, 5.74) is 1.05. The van der Waals surface area contributed by atoms with E-state index in [2.05, 4.69) is 22.2 Å². The molecular formula is C21H35N5O. The number of nitrogens with zero attached hydrogens (tertiary/aromatic N) is 4. The summed E-state index contributed by atoms with van der Waals surface area (Å²) in [6.45, 7) is 8.06. The van der Waals surface area contributed by atoms with Crippen molar-refractivity contribution in [1.29, 1.82) is 0 Å². The second-order valence-electron chi connectivity index (χ2n) is 8.80. The summed E-state index contributed by atoms with van der Waals surface area (Å²) in [4.78, 5) is 17.6. The number of hydrogen-bond donors (Lipinski definition) is 1. The van der Waals surface area contributed by atoms with Gasteiger partial charge in [-0.3, -0.25) is 10.2 Å². The number of aromatic nitrogens is 2. The summed E-state index contributed by atoms with van der Waals surface area (Å²) in [6.07, 6.45) is 12.3. The fourth-order valence-electron chi connectivity index (χ4n) is 4.82. The summed E-state index contributed by atoms with van der Waals surface area (Å²) in [7, 11) is 0. The van der Waals surface area contributed by atoms with Gasteiger partial charge in [0.05, 0.1) is 12.2 Å². The van der Waals surface area contributed by atoms with E-state index < -0.39 is 0 Å². The minimum atomic E-state index is 0.0355. The standard InChI is InChI=1S/C21H35N5O/c1-16-15-22-26(17(2)18-9-10-18)20(16)23-21(27)25-12-6-11-24(13-14-25)19-7-4-3-5-8-19/h15,17-19H,3-14H2,1-2H3,(H,23,27). The largest absolute Gasteiger partial charge is 0.323 e. The molecule has 150 valence electrons. The van der Waals surface area contributed by atoms with E-state index in [1.54, 1.807) is 0 Å². The summed E-state index contributed by atoms with van der Waals surface area (Å²) < 4.78 is 2.02. The molecule has 2 amide bonds. The van der Waals surface area contributed by atoms with Gasteiger partial charge in [-0.25, -0.2) is 9.48 Å². The van der Waals surface area contributed by atoms with E-state index in [9.17, 15) is 4.79 Å². The number of urea groups is 1. The molecule has 0 bridgehead atoms. The van der Waals surface area contributed by atoms with Crippen LogP contribution >= 0.6 is 0 Å². The lowest BCUT2D eigenvalue weighted by Crippen LogP contribution is -2.41. The highest BCUT2D eigenvalue weighted by atomic mass is 16.2. The van der Waals surface area contributed by atoms with Crippen LogP contribution in [0.3, 0.4) is 0 Å². The van der Waals surface area contributed by atoms with Crippen LogP contribution in [0.25, 0.3) is 0 Å². The van der Waals surface area contributed by atoms with Gasteiger partial charge in [0.1, 0.15) is 5.82 Å². The van der Waals surface area contributed by atoms with Gasteiger partial charge in [0.25, 0.3) is 0 Å². The van der Waals surface area contributed by atoms with Crippen LogP contribution in [0.4, 0.5) is 10.6 Å². The van der Waals surface area contributed by atoms with Crippen LogP contribution in [0.5, 0.6) is 0 Å². The molecule has 0 spiro atoms. The van der Waals surface area contributed by atoms with E-state index in [0.29, 0.717) is 12.0 Å². The molecule has 0 radical (unpaired) electrons. The molecule has 1 unspecified atom stereocenters. The maximum atomic E-state index is 13.0. The van der Waals surface area contributed by atoms with E-state index >= 15 is 0 Å². The monoisotopic (exact) mass is 373 g/mol. The number of nitrogens with one attached hydrogen (secondary N) is 1. The fraction of sp³-hybridized carbons (Fsp3) is 0.810. The van der Waals surface area contributed by atoms with Crippen LogP contribution in [-0.4, -0.2) is 57.8 Å². The predicted octanol–water partition coefficient (Wildman–Crippen LogP) is 4.03. The van der Waals surface area contributed by atoms with Crippen LogP contribution in [0.1, 0.15) is 69.9 Å². The Balaban J connectivity index is 1.36. The lowest BCUT2D eigenvalue weighted by Gasteiger charge is -2.33. The van der Waals surface area contributed by atoms with Crippen LogP contribution < -0.4 is 5.32 Å². The van der Waals surface area contributed by atoms with Gasteiger partial charge in [0, 0.05) is 37.8 Å². The van der Waals surface area contributed by atoms with Crippen molar-refractivity contribution in [2.24, 2.45) is 5.92 Å². The number of rotatable bonds is 4. The second kappa shape index (κ2) is 8.21. The minimum Gasteiger partial charge on any atom is -0.323 e. The summed E-state index contributed by atoms with van der Waals surface area (Å²) in [6, 6.07) is 1.14. The van der Waals surface area contributed by atoms with Crippen LogP contribution in [-0.2, 0) is 0 Å². The number of aryl methyl sites for hydroxylation is 1. The van der Waals surface area contributed by atoms with Crippen molar-refractivity contribution >= 4 is 11.8 Å². The third kappa shape index (κ3) is 4.31. The number of hydrogen-bond acceptors (Lipinski definition) is 3. The molecule has 6 heteroatoms. The van der Waals surface area contributed by atoms with Crippen LogP contribution in [0.15, 0.2) is 6.20 Å². The molecule has 1 atom stereocenters. The lowest BCUT2D eigenvalue weighted by atomic mass is 9.94. The van der Waals surface area contributed by atoms with Crippen molar-refractivity contribution in [2.45, 2.75) is 77.3 Å². The predicted molar refractivity (Wildman–Crippen MR) is 108 cm³/mol. The number of carbonyl (C=O) groups excluding carboxylic acids is 1. The third-order valence-corrected chi connectivity index (χ3v) is 6.80. The lowest BCUT2D eigenvalue weighted by molar-refractivity contribution is 0.160. The van der Waals surface area contributed by atoms with E-state index in [1.807, 2.05) is 22.7 Å². The molecule has 1 aromatic rings. The topological polar surface area (TPSA) is 53.4 Å². The summed E-state index contributed by atoms with van der Waals surface area (Å²) in [5.74, 6) is 1.59. The first-order valence-corrected chi connectivity index (χ1v) is 11.0. The van der Waals surface area contributed by atoms with Crippen molar-refractivity contribution in [1.82, 2.24) is 19.6 Å². The molecule has 3 aliphatic rings. The molecule has 3 fully saturated rings. The SMILES string of the molecule is Cc1cnn(C(C)C2CC2)c1NC(=O)N1CCCN(C2CCCCC2)CC1. The smallest absolute Gasteiger partial charge is 0.323 e. The van der Waals surface area contributed by atoms with Crippen LogP contribution in [0, 0.1) is 12.8 Å². The van der Waals surface area contributed by atoms with Crippen molar-refractivity contribution in [3.63, 3.8) is 0 Å². The Morgan fingerprint density at radius 2 is 1.85 bits per heavy atom. The normalized spacial score (nSPS) is 23.9. The zero-order chi connectivity index (χ0) is 18.8. The Morgan fingerprint density at radius 3 is 2.59 bits per heavy atom. The molecule has 1 saturated heterocycles. The highest BCUT2D eigenvalue weighted by Gasteiger charge is 2.32. The Hall–Kier alpha value is -1.56. The Labute approximate surface area is 163 Å². The molecule has 2 heterocycles. The van der Waals surface area contributed by atoms with Gasteiger partial charge in [-0.15, -0.1) is 0 Å². The zero-order valence-electron chi connectivity index (χ0n) is 17.0. The van der Waals surface area contributed by atoms with Crippen LogP contribution in [0.2, 0.25) is 0 Å². The molecular weight excluding hydrogens is 338 g/mol. The molecule has 4 rings (SSSR count). The molecule has 2 saturated carbocycles. The van der Waals surface area contributed by atoms with Crippen molar-refractivity contribution < 1.29 is 4.79 Å². The van der Waals surface area contributed by atoms with Crippen molar-refractivity contribution in [2.75, 3.05) is 31.5 Å². The Morgan fingerprint density at radius 1 is 1.07 bits per heavy atom. The summed E-state index contributed by atoms with van der Waals surface area (Å²) in [5, 5.41) is 7.73. The third-order valence-electron chi connectivity index (χ3n) is 6.80. The zero-order valence-corrected chi connectivity index (χ0v) is 17.0. The highest BCUT2D eigenvalue weighted by molar-refractivity contribution is 5.89. The van der Waals surface area contributed by atoms with E-state index in [4.69, 9.17) is 0 Å². The van der Waals surface area contributed by atoms with E-state index in [1.165, 1.54) is 44.9 Å². The maximum Gasteiger partial charge on any atom is 0.323 e. The van der Waals surface area contributed by atoms with Gasteiger partial charge in [-0.1, -0.05) is 19.3 Å². The number of carbonyl (C=O) groups is 1. The van der Waals surface area contributed by atoms with E-state index in [-0.39, 0.29) is 6.03 Å². The summed E-state index contributed by atoms with van der Waals surface area (Å²) >= 11 is 0. The Kier molecular flexibility index (Phi) is 5.71. The van der Waals surface area contributed by atoms with E-state index in [0.717, 1.165) is 50.0 Å². The van der Waals surface area contributed by atoms with Gasteiger partial charge < -0.3 is 4.90 Å². The fourth-order valence-corrected chi connectivity index (χ4v) is 4.82. The number of amides is 2. The average Bonchev–Trinajstić information content (AvgIpc) is 3.50. The van der Waals surface area contributed by atoms with Gasteiger partial charge in [-0.05, 0) is 51.9 Å². The quantitative estimate of drug-likeness (QED) is 0.867. The first-order valence-electron chi connectivity index (χ1n) is 11.0. The van der Waals surface area contributed by atoms with Crippen molar-refractivity contribution in [3.05, 3.63) is 11.8 Å². The van der Waals surface area contributed by atoms with Gasteiger partial charge >= 0.3 is 6.03 Å².